The predicted octanol–water partition coefficient (Wildman–Crippen LogP) is 1.87. The van der Waals surface area contributed by atoms with Crippen molar-refractivity contribution in [3.05, 3.63) is 39.7 Å². The number of benzene rings is 1. The van der Waals surface area contributed by atoms with Gasteiger partial charge in [0.1, 0.15) is 0 Å². The molecule has 0 bridgehead atoms. The molecule has 0 amide bonds. The summed E-state index contributed by atoms with van der Waals surface area (Å²) >= 11 is 7.41. The Hall–Kier alpha value is 0.316. The third-order valence-electron chi connectivity index (χ3n) is 2.58. The zero-order chi connectivity index (χ0) is 14.6. The Morgan fingerprint density at radius 3 is 2.35 bits per heavy atom. The van der Waals surface area contributed by atoms with Crippen LogP contribution in [0.4, 0.5) is 0 Å². The molecule has 0 radical (unpaired) electrons. The number of aryl methyl sites for hydroxylation is 1. The normalized spacial score (nSPS) is 9.25. The van der Waals surface area contributed by atoms with Crippen molar-refractivity contribution in [3.8, 4) is 16.2 Å². The summed E-state index contributed by atoms with van der Waals surface area (Å²) < 4.78 is 0. The molecule has 1 aromatic heterocycles. The van der Waals surface area contributed by atoms with E-state index < -0.39 is 0 Å². The maximum Gasteiger partial charge on any atom is 1.00 e. The smallest absolute Gasteiger partial charge is 0.871 e. The third kappa shape index (κ3) is 4.66. The van der Waals surface area contributed by atoms with E-state index in [2.05, 4.69) is 0 Å². The quantitative estimate of drug-likeness (QED) is 0.662. The van der Waals surface area contributed by atoms with Gasteiger partial charge < -0.3 is 10.5 Å². The Labute approximate surface area is 172 Å². The molecule has 0 saturated heterocycles. The van der Waals surface area contributed by atoms with E-state index in [0.29, 0.717) is 21.2 Å². The fourth-order valence-electron chi connectivity index (χ4n) is 1.54. The Balaban J connectivity index is 0.00000115. The van der Waals surface area contributed by atoms with Gasteiger partial charge in [-0.25, -0.2) is 0 Å². The van der Waals surface area contributed by atoms with Crippen LogP contribution in [-0.4, -0.2) is 5.71 Å². The Kier molecular flexibility index (Phi) is 9.51. The molecule has 1 N–H and O–H groups in total. The molecule has 1 aromatic carbocycles. The fraction of sp³-hybridized carbons (Fsp3) is 0.267. The van der Waals surface area contributed by atoms with Gasteiger partial charge in [0, 0.05) is 15.6 Å². The van der Waals surface area contributed by atoms with Crippen molar-refractivity contribution >= 4 is 28.6 Å². The largest absolute Gasteiger partial charge is 1.00 e. The molecule has 102 valence electrons. The molecule has 0 saturated carbocycles. The SMILES string of the molecule is CC.CC(=N)c1csc(-c2ccc(C)c(Cl)c2)c1[O-].[K+]. The van der Waals surface area contributed by atoms with Crippen molar-refractivity contribution in [2.45, 2.75) is 27.7 Å². The van der Waals surface area contributed by atoms with E-state index >= 15 is 0 Å². The van der Waals surface area contributed by atoms with Crippen molar-refractivity contribution in [2.24, 2.45) is 0 Å². The van der Waals surface area contributed by atoms with Crippen LogP contribution in [0, 0.1) is 12.3 Å². The first kappa shape index (κ1) is 20.3. The molecule has 0 fully saturated rings. The molecule has 0 aliphatic carbocycles. The van der Waals surface area contributed by atoms with Crippen LogP contribution in [0.15, 0.2) is 23.6 Å². The molecule has 20 heavy (non-hydrogen) atoms. The predicted molar refractivity (Wildman–Crippen MR) is 82.8 cm³/mol. The first-order valence-electron chi connectivity index (χ1n) is 6.11. The molecule has 5 heteroatoms. The van der Waals surface area contributed by atoms with Crippen molar-refractivity contribution in [1.29, 1.82) is 5.41 Å². The summed E-state index contributed by atoms with van der Waals surface area (Å²) in [5, 5.41) is 21.9. The molecule has 0 spiro atoms. The summed E-state index contributed by atoms with van der Waals surface area (Å²) in [4.78, 5) is 0.647. The van der Waals surface area contributed by atoms with Gasteiger partial charge in [-0.2, -0.15) is 0 Å². The van der Waals surface area contributed by atoms with E-state index in [0.717, 1.165) is 11.1 Å². The summed E-state index contributed by atoms with van der Waals surface area (Å²) in [6.07, 6.45) is 0. The van der Waals surface area contributed by atoms with E-state index in [1.54, 1.807) is 18.4 Å². The molecule has 2 rings (SSSR count). The zero-order valence-electron chi connectivity index (χ0n) is 12.5. The Morgan fingerprint density at radius 2 is 1.90 bits per heavy atom. The number of thiophene rings is 1. The molecule has 2 aromatic rings. The number of nitrogens with one attached hydrogen (secondary N) is 1. The second-order valence-corrected chi connectivity index (χ2v) is 5.18. The number of halogens is 1. The fourth-order valence-corrected chi connectivity index (χ4v) is 2.72. The van der Waals surface area contributed by atoms with Gasteiger partial charge in [-0.05, 0) is 42.0 Å². The van der Waals surface area contributed by atoms with Gasteiger partial charge in [0.15, 0.2) is 0 Å². The topological polar surface area (TPSA) is 46.9 Å². The molecule has 0 atom stereocenters. The van der Waals surface area contributed by atoms with Crippen LogP contribution in [0.1, 0.15) is 31.9 Å². The van der Waals surface area contributed by atoms with E-state index in [1.165, 1.54) is 11.3 Å². The molecule has 1 heterocycles. The third-order valence-corrected chi connectivity index (χ3v) is 4.00. The van der Waals surface area contributed by atoms with Gasteiger partial charge in [-0.1, -0.05) is 43.3 Å². The van der Waals surface area contributed by atoms with Gasteiger partial charge in [-0.15, -0.1) is 11.3 Å². The van der Waals surface area contributed by atoms with Crippen LogP contribution in [0.3, 0.4) is 0 Å². The van der Waals surface area contributed by atoms with Gasteiger partial charge in [-0.3, -0.25) is 0 Å². The number of rotatable bonds is 2. The van der Waals surface area contributed by atoms with Crippen LogP contribution in [0.2, 0.25) is 5.02 Å². The summed E-state index contributed by atoms with van der Waals surface area (Å²) in [6.45, 7) is 7.54. The van der Waals surface area contributed by atoms with Crippen LogP contribution in [-0.2, 0) is 0 Å². The zero-order valence-corrected chi connectivity index (χ0v) is 17.2. The molecular formula is C15H17ClKNOS. The summed E-state index contributed by atoms with van der Waals surface area (Å²) in [7, 11) is 0. The maximum absolute atomic E-state index is 12.0. The minimum atomic E-state index is -0.0811. The van der Waals surface area contributed by atoms with Crippen LogP contribution >= 0.6 is 22.9 Å². The van der Waals surface area contributed by atoms with Gasteiger partial charge in [0.05, 0.1) is 0 Å². The van der Waals surface area contributed by atoms with Crippen LogP contribution < -0.4 is 56.5 Å². The summed E-state index contributed by atoms with van der Waals surface area (Å²) in [5.74, 6) is -0.0811. The van der Waals surface area contributed by atoms with Crippen molar-refractivity contribution in [1.82, 2.24) is 0 Å². The number of hydrogen-bond donors (Lipinski definition) is 1. The maximum atomic E-state index is 12.0. The van der Waals surface area contributed by atoms with Crippen LogP contribution in [0.25, 0.3) is 10.4 Å². The van der Waals surface area contributed by atoms with E-state index in [9.17, 15) is 5.11 Å². The first-order valence-corrected chi connectivity index (χ1v) is 7.37. The molecular weight excluding hydrogens is 317 g/mol. The average molecular weight is 334 g/mol. The minimum Gasteiger partial charge on any atom is -0.871 e. The van der Waals surface area contributed by atoms with Gasteiger partial charge in [0.25, 0.3) is 0 Å². The molecule has 2 nitrogen and oxygen atoms in total. The van der Waals surface area contributed by atoms with E-state index in [-0.39, 0.29) is 57.1 Å². The second-order valence-electron chi connectivity index (χ2n) is 3.90. The Morgan fingerprint density at radius 1 is 1.30 bits per heavy atom. The summed E-state index contributed by atoms with van der Waals surface area (Å²) in [5.41, 5.74) is 2.59. The Bertz CT molecular complexity index is 596. The van der Waals surface area contributed by atoms with Crippen molar-refractivity contribution in [3.63, 3.8) is 0 Å². The average Bonchev–Trinajstić information content (AvgIpc) is 2.77. The van der Waals surface area contributed by atoms with E-state index in [1.807, 2.05) is 32.9 Å². The standard InChI is InChI=1S/C13H12ClNOS.C2H6.K/c1-7-3-4-9(5-11(7)14)13-12(16)10(6-17-13)8(2)15;1-2;/h3-6,15-16H,1-2H3;1-2H3;/q;;+1/p-1. The summed E-state index contributed by atoms with van der Waals surface area (Å²) in [6, 6.07) is 5.58. The van der Waals surface area contributed by atoms with Crippen molar-refractivity contribution < 1.29 is 56.5 Å². The van der Waals surface area contributed by atoms with Gasteiger partial charge in [0.2, 0.25) is 0 Å². The van der Waals surface area contributed by atoms with Crippen LogP contribution in [0.5, 0.6) is 5.75 Å². The molecule has 0 unspecified atom stereocenters. The molecule has 0 aliphatic rings. The van der Waals surface area contributed by atoms with E-state index in [4.69, 9.17) is 17.0 Å². The monoisotopic (exact) mass is 333 g/mol. The minimum absolute atomic E-state index is 0. The van der Waals surface area contributed by atoms with Gasteiger partial charge >= 0.3 is 51.4 Å². The van der Waals surface area contributed by atoms with Crippen molar-refractivity contribution in [2.75, 3.05) is 0 Å². The number of hydrogen-bond acceptors (Lipinski definition) is 3. The second kappa shape index (κ2) is 9.36. The first-order chi connectivity index (χ1) is 9.00. The molecule has 0 aliphatic heterocycles.